The Balaban J connectivity index is 2.86. The first-order chi connectivity index (χ1) is 6.38. The van der Waals surface area contributed by atoms with Crippen LogP contribution in [0.3, 0.4) is 0 Å². The number of hydrogen-bond acceptors (Lipinski definition) is 3. The van der Waals surface area contributed by atoms with Crippen LogP contribution >= 0.6 is 0 Å². The van der Waals surface area contributed by atoms with Gasteiger partial charge in [-0.1, -0.05) is 0 Å². The smallest absolute Gasteiger partial charge is 0.269 e. The summed E-state index contributed by atoms with van der Waals surface area (Å²) in [5.41, 5.74) is -0.445. The van der Waals surface area contributed by atoms with Crippen molar-refractivity contribution in [2.75, 3.05) is 0 Å². The molecule has 2 N–H and O–H groups in total. The Morgan fingerprint density at radius 2 is 2.14 bits per heavy atom. The van der Waals surface area contributed by atoms with E-state index in [9.17, 15) is 9.59 Å². The second kappa shape index (κ2) is 3.61. The van der Waals surface area contributed by atoms with E-state index in [4.69, 9.17) is 0 Å². The van der Waals surface area contributed by atoms with Gasteiger partial charge in [-0.25, -0.2) is 0 Å². The number of H-pyrrole nitrogens is 1. The van der Waals surface area contributed by atoms with Crippen LogP contribution in [0.2, 0.25) is 0 Å². The Hall–Kier alpha value is -1.65. The average Bonchev–Trinajstić information content (AvgIpc) is 2.01. The molecule has 5 heteroatoms. The normalized spacial score (nSPS) is 11.1. The molecule has 0 spiro atoms. The SMILES string of the molecule is CC(C)(C)NC(=O)c1cc(=O)cn[nH]1. The van der Waals surface area contributed by atoms with E-state index in [2.05, 4.69) is 15.5 Å². The third-order valence-electron chi connectivity index (χ3n) is 1.40. The van der Waals surface area contributed by atoms with Crippen LogP contribution in [-0.4, -0.2) is 21.6 Å². The Morgan fingerprint density at radius 1 is 1.50 bits per heavy atom. The predicted molar refractivity (Wildman–Crippen MR) is 52.1 cm³/mol. The summed E-state index contributed by atoms with van der Waals surface area (Å²) in [7, 11) is 0. The summed E-state index contributed by atoms with van der Waals surface area (Å²) in [5, 5.41) is 8.72. The Labute approximate surface area is 81.5 Å². The van der Waals surface area contributed by atoms with Crippen molar-refractivity contribution in [3.63, 3.8) is 0 Å². The van der Waals surface area contributed by atoms with Gasteiger partial charge in [0, 0.05) is 11.6 Å². The number of aromatic nitrogens is 2. The van der Waals surface area contributed by atoms with Gasteiger partial charge in [-0.05, 0) is 20.8 Å². The molecule has 0 radical (unpaired) electrons. The highest BCUT2D eigenvalue weighted by atomic mass is 16.2. The molecule has 1 heterocycles. The second-order valence-electron chi connectivity index (χ2n) is 4.03. The van der Waals surface area contributed by atoms with E-state index < -0.39 is 0 Å². The fourth-order valence-corrected chi connectivity index (χ4v) is 0.901. The van der Waals surface area contributed by atoms with Crippen LogP contribution in [0.4, 0.5) is 0 Å². The largest absolute Gasteiger partial charge is 0.346 e. The van der Waals surface area contributed by atoms with E-state index in [0.717, 1.165) is 6.20 Å². The maximum absolute atomic E-state index is 11.5. The topological polar surface area (TPSA) is 74.8 Å². The Kier molecular flexibility index (Phi) is 2.69. The molecular weight excluding hydrogens is 182 g/mol. The number of nitrogens with one attached hydrogen (secondary N) is 2. The molecule has 14 heavy (non-hydrogen) atoms. The number of carbonyl (C=O) groups is 1. The lowest BCUT2D eigenvalue weighted by molar-refractivity contribution is 0.0913. The van der Waals surface area contributed by atoms with Gasteiger partial charge >= 0.3 is 0 Å². The van der Waals surface area contributed by atoms with Crippen LogP contribution in [-0.2, 0) is 0 Å². The molecule has 0 bridgehead atoms. The molecule has 0 aliphatic rings. The number of rotatable bonds is 1. The maximum atomic E-state index is 11.5. The van der Waals surface area contributed by atoms with Gasteiger partial charge in [0.15, 0.2) is 0 Å². The van der Waals surface area contributed by atoms with Crippen molar-refractivity contribution in [2.45, 2.75) is 26.3 Å². The molecular formula is C9H13N3O2. The summed E-state index contributed by atoms with van der Waals surface area (Å²) in [5.74, 6) is -0.331. The minimum Gasteiger partial charge on any atom is -0.346 e. The van der Waals surface area contributed by atoms with E-state index in [1.165, 1.54) is 6.07 Å². The van der Waals surface area contributed by atoms with E-state index in [0.29, 0.717) is 0 Å². The molecule has 1 aromatic heterocycles. The lowest BCUT2D eigenvalue weighted by Gasteiger charge is -2.19. The van der Waals surface area contributed by atoms with Crippen molar-refractivity contribution in [1.29, 1.82) is 0 Å². The van der Waals surface area contributed by atoms with Crippen molar-refractivity contribution in [3.8, 4) is 0 Å². The van der Waals surface area contributed by atoms with Gasteiger partial charge in [0.25, 0.3) is 5.91 Å². The van der Waals surface area contributed by atoms with Gasteiger partial charge in [-0.15, -0.1) is 0 Å². The standard InChI is InChI=1S/C9H13N3O2/c1-9(2,3)11-8(14)7-4-6(13)5-10-12-7/h4-5H,1-3H3,(H,11,14)(H,12,13). The van der Waals surface area contributed by atoms with Crippen molar-refractivity contribution < 1.29 is 4.79 Å². The molecule has 0 aliphatic carbocycles. The zero-order valence-electron chi connectivity index (χ0n) is 8.42. The van der Waals surface area contributed by atoms with E-state index in [1.54, 1.807) is 0 Å². The summed E-state index contributed by atoms with van der Waals surface area (Å²) >= 11 is 0. The molecule has 0 saturated heterocycles. The van der Waals surface area contributed by atoms with Crippen LogP contribution in [0.25, 0.3) is 0 Å². The third-order valence-corrected chi connectivity index (χ3v) is 1.40. The maximum Gasteiger partial charge on any atom is 0.269 e. The van der Waals surface area contributed by atoms with Gasteiger partial charge in [-0.2, -0.15) is 5.10 Å². The molecule has 1 aromatic rings. The highest BCUT2D eigenvalue weighted by molar-refractivity contribution is 5.92. The zero-order valence-corrected chi connectivity index (χ0v) is 8.42. The highest BCUT2D eigenvalue weighted by Crippen LogP contribution is 2.00. The first-order valence-electron chi connectivity index (χ1n) is 4.26. The van der Waals surface area contributed by atoms with Crippen LogP contribution in [0.5, 0.6) is 0 Å². The van der Waals surface area contributed by atoms with Crippen LogP contribution in [0.1, 0.15) is 31.3 Å². The predicted octanol–water partition coefficient (Wildman–Crippen LogP) is 0.298. The molecule has 0 atom stereocenters. The van der Waals surface area contributed by atoms with E-state index in [1.807, 2.05) is 20.8 Å². The van der Waals surface area contributed by atoms with Gasteiger partial charge in [0.1, 0.15) is 5.69 Å². The minimum atomic E-state index is -0.331. The first-order valence-corrected chi connectivity index (χ1v) is 4.26. The third kappa shape index (κ3) is 3.01. The molecule has 0 saturated carbocycles. The first kappa shape index (κ1) is 10.4. The van der Waals surface area contributed by atoms with E-state index >= 15 is 0 Å². The van der Waals surface area contributed by atoms with Crippen molar-refractivity contribution in [3.05, 3.63) is 28.2 Å². The van der Waals surface area contributed by atoms with Crippen LogP contribution in [0.15, 0.2) is 17.1 Å². The van der Waals surface area contributed by atoms with Gasteiger partial charge in [0.05, 0.1) is 6.20 Å². The summed E-state index contributed by atoms with van der Waals surface area (Å²) in [6, 6.07) is 1.22. The average molecular weight is 195 g/mol. The van der Waals surface area contributed by atoms with Crippen molar-refractivity contribution >= 4 is 5.91 Å². The molecule has 0 aromatic carbocycles. The zero-order chi connectivity index (χ0) is 10.8. The summed E-state index contributed by atoms with van der Waals surface area (Å²) in [4.78, 5) is 22.4. The molecule has 0 aliphatic heterocycles. The molecule has 1 rings (SSSR count). The summed E-state index contributed by atoms with van der Waals surface area (Å²) in [6.45, 7) is 5.58. The number of amides is 1. The lowest BCUT2D eigenvalue weighted by Crippen LogP contribution is -2.41. The summed E-state index contributed by atoms with van der Waals surface area (Å²) in [6.07, 6.45) is 1.12. The van der Waals surface area contributed by atoms with Gasteiger partial charge in [-0.3, -0.25) is 14.7 Å². The molecule has 5 nitrogen and oxygen atoms in total. The lowest BCUT2D eigenvalue weighted by atomic mass is 10.1. The van der Waals surface area contributed by atoms with Gasteiger partial charge < -0.3 is 5.32 Å². The fraction of sp³-hybridized carbons (Fsp3) is 0.444. The Bertz CT molecular complexity index is 390. The summed E-state index contributed by atoms with van der Waals surface area (Å²) < 4.78 is 0. The Morgan fingerprint density at radius 3 is 2.64 bits per heavy atom. The second-order valence-corrected chi connectivity index (χ2v) is 4.03. The molecule has 76 valence electrons. The minimum absolute atomic E-state index is 0.174. The van der Waals surface area contributed by atoms with Crippen molar-refractivity contribution in [1.82, 2.24) is 15.5 Å². The molecule has 1 amide bonds. The molecule has 0 fully saturated rings. The van der Waals surface area contributed by atoms with Crippen LogP contribution in [0, 0.1) is 0 Å². The quantitative estimate of drug-likeness (QED) is 0.676. The fourth-order valence-electron chi connectivity index (χ4n) is 0.901. The van der Waals surface area contributed by atoms with Crippen LogP contribution < -0.4 is 10.7 Å². The highest BCUT2D eigenvalue weighted by Gasteiger charge is 2.15. The van der Waals surface area contributed by atoms with E-state index in [-0.39, 0.29) is 22.6 Å². The molecule has 0 unspecified atom stereocenters. The number of hydrogen-bond donors (Lipinski definition) is 2. The monoisotopic (exact) mass is 195 g/mol. The number of carbonyl (C=O) groups excluding carboxylic acids is 1. The van der Waals surface area contributed by atoms with Gasteiger partial charge in [0.2, 0.25) is 5.43 Å². The van der Waals surface area contributed by atoms with Crippen molar-refractivity contribution in [2.24, 2.45) is 0 Å². The number of aromatic amines is 1. The number of nitrogens with zero attached hydrogens (tertiary/aromatic N) is 1.